The molecule has 1 aliphatic heterocycles. The van der Waals surface area contributed by atoms with Gasteiger partial charge in [0.2, 0.25) is 0 Å². The third kappa shape index (κ3) is 4.54. The van der Waals surface area contributed by atoms with E-state index in [1.54, 1.807) is 4.68 Å². The average molecular weight is 435 g/mol. The van der Waals surface area contributed by atoms with Crippen molar-refractivity contribution in [2.75, 3.05) is 11.9 Å². The minimum Gasteiger partial charge on any atom is -0.298 e. The number of rotatable bonds is 5. The minimum atomic E-state index is -4.43. The third-order valence-electron chi connectivity index (χ3n) is 5.06. The van der Waals surface area contributed by atoms with Gasteiger partial charge in [0.15, 0.2) is 5.13 Å². The van der Waals surface area contributed by atoms with Gasteiger partial charge in [-0.25, -0.2) is 4.98 Å². The van der Waals surface area contributed by atoms with Gasteiger partial charge in [0, 0.05) is 30.7 Å². The molecule has 1 fully saturated rings. The summed E-state index contributed by atoms with van der Waals surface area (Å²) in [5.41, 5.74) is 1.24. The molecular weight excluding hydrogens is 415 g/mol. The molecule has 10 heteroatoms. The summed E-state index contributed by atoms with van der Waals surface area (Å²) < 4.78 is 39.8. The van der Waals surface area contributed by atoms with Crippen LogP contribution >= 0.6 is 11.3 Å². The second kappa shape index (κ2) is 8.19. The normalized spacial score (nSPS) is 17.4. The number of aryl methyl sites for hydroxylation is 1. The van der Waals surface area contributed by atoms with Crippen LogP contribution in [0.25, 0.3) is 0 Å². The van der Waals surface area contributed by atoms with E-state index in [4.69, 9.17) is 0 Å². The van der Waals surface area contributed by atoms with Crippen LogP contribution in [-0.4, -0.2) is 32.1 Å². The predicted octanol–water partition coefficient (Wildman–Crippen LogP) is 4.48. The molecule has 6 nitrogen and oxygen atoms in total. The van der Waals surface area contributed by atoms with Crippen molar-refractivity contribution in [3.63, 3.8) is 0 Å². The Labute approximate surface area is 175 Å². The molecule has 0 bridgehead atoms. The number of alkyl halides is 3. The summed E-state index contributed by atoms with van der Waals surface area (Å²) in [4.78, 5) is 19.2. The van der Waals surface area contributed by atoms with Gasteiger partial charge in [0.25, 0.3) is 5.91 Å². The monoisotopic (exact) mass is 435 g/mol. The number of hydrogen-bond donors (Lipinski definition) is 1. The number of aromatic nitrogens is 3. The van der Waals surface area contributed by atoms with E-state index >= 15 is 0 Å². The van der Waals surface area contributed by atoms with Gasteiger partial charge in [-0.2, -0.15) is 18.3 Å². The fraction of sp³-hybridized carbons (Fsp3) is 0.350. The van der Waals surface area contributed by atoms with Crippen LogP contribution in [0.4, 0.5) is 18.3 Å². The lowest BCUT2D eigenvalue weighted by Gasteiger charge is -2.21. The highest BCUT2D eigenvalue weighted by Crippen LogP contribution is 2.34. The second-order valence-corrected chi connectivity index (χ2v) is 8.07. The van der Waals surface area contributed by atoms with Crippen LogP contribution in [0.3, 0.4) is 0 Å². The molecule has 3 heterocycles. The first-order chi connectivity index (χ1) is 14.3. The Kier molecular flexibility index (Phi) is 5.61. The van der Waals surface area contributed by atoms with Crippen LogP contribution in [0, 0.1) is 0 Å². The largest absolute Gasteiger partial charge is 0.416 e. The van der Waals surface area contributed by atoms with Crippen molar-refractivity contribution < 1.29 is 18.0 Å². The van der Waals surface area contributed by atoms with Gasteiger partial charge in [-0.05, 0) is 49.7 Å². The highest BCUT2D eigenvalue weighted by atomic mass is 32.1. The van der Waals surface area contributed by atoms with Crippen LogP contribution < -0.4 is 5.32 Å². The van der Waals surface area contributed by atoms with E-state index in [1.165, 1.54) is 11.3 Å². The first-order valence-corrected chi connectivity index (χ1v) is 10.3. The number of halogens is 3. The Morgan fingerprint density at radius 1 is 1.27 bits per heavy atom. The molecule has 0 radical (unpaired) electrons. The molecule has 3 aromatic rings. The predicted molar refractivity (Wildman–Crippen MR) is 107 cm³/mol. The Morgan fingerprint density at radius 3 is 2.70 bits per heavy atom. The molecule has 0 saturated carbocycles. The van der Waals surface area contributed by atoms with E-state index in [-0.39, 0.29) is 11.6 Å². The van der Waals surface area contributed by atoms with Crippen molar-refractivity contribution in [2.45, 2.75) is 31.6 Å². The lowest BCUT2D eigenvalue weighted by molar-refractivity contribution is -0.137. The fourth-order valence-corrected chi connectivity index (χ4v) is 4.33. The Morgan fingerprint density at radius 2 is 2.03 bits per heavy atom. The van der Waals surface area contributed by atoms with Crippen molar-refractivity contribution in [3.8, 4) is 0 Å². The summed E-state index contributed by atoms with van der Waals surface area (Å²) in [6.45, 7) is 1.68. The number of thiazole rings is 1. The molecule has 2 aromatic heterocycles. The quantitative estimate of drug-likeness (QED) is 0.642. The van der Waals surface area contributed by atoms with E-state index in [2.05, 4.69) is 20.3 Å². The van der Waals surface area contributed by atoms with Gasteiger partial charge in [-0.15, -0.1) is 11.3 Å². The zero-order chi connectivity index (χ0) is 21.3. The molecule has 30 heavy (non-hydrogen) atoms. The number of nitrogens with one attached hydrogen (secondary N) is 1. The van der Waals surface area contributed by atoms with Gasteiger partial charge >= 0.3 is 6.18 Å². The maximum absolute atomic E-state index is 12.7. The number of anilines is 1. The number of carbonyl (C=O) groups excluding carboxylic acids is 1. The lowest BCUT2D eigenvalue weighted by atomic mass is 10.1. The summed E-state index contributed by atoms with van der Waals surface area (Å²) >= 11 is 1.31. The molecule has 0 aliphatic carbocycles. The summed E-state index contributed by atoms with van der Waals surface area (Å²) in [5, 5.41) is 9.46. The molecule has 0 spiro atoms. The number of likely N-dealkylation sites (tertiary alicyclic amines) is 1. The summed E-state index contributed by atoms with van der Waals surface area (Å²) in [7, 11) is 1.89. The van der Waals surface area contributed by atoms with Crippen LogP contribution in [0.1, 0.15) is 46.2 Å². The highest BCUT2D eigenvalue weighted by molar-refractivity contribution is 7.14. The number of carbonyl (C=O) groups is 1. The SMILES string of the molecule is Cn1ccc(CN2CCCC2c2csc(NC(=O)c3ccc(C(F)(F)F)cc3)n2)n1. The lowest BCUT2D eigenvalue weighted by Crippen LogP contribution is -2.23. The van der Waals surface area contributed by atoms with Gasteiger partial charge in [-0.1, -0.05) is 0 Å². The Hall–Kier alpha value is -2.72. The van der Waals surface area contributed by atoms with Crippen molar-refractivity contribution in [3.05, 3.63) is 64.4 Å². The van der Waals surface area contributed by atoms with Crippen molar-refractivity contribution in [1.29, 1.82) is 0 Å². The highest BCUT2D eigenvalue weighted by Gasteiger charge is 2.31. The molecule has 1 N–H and O–H groups in total. The fourth-order valence-electron chi connectivity index (χ4n) is 3.58. The third-order valence-corrected chi connectivity index (χ3v) is 5.83. The Balaban J connectivity index is 1.41. The zero-order valence-corrected chi connectivity index (χ0v) is 17.0. The molecule has 1 atom stereocenters. The molecule has 1 saturated heterocycles. The van der Waals surface area contributed by atoms with Gasteiger partial charge in [0.1, 0.15) is 0 Å². The van der Waals surface area contributed by atoms with Crippen molar-refractivity contribution in [1.82, 2.24) is 19.7 Å². The van der Waals surface area contributed by atoms with Gasteiger partial charge < -0.3 is 0 Å². The maximum Gasteiger partial charge on any atom is 0.416 e. The van der Waals surface area contributed by atoms with Crippen LogP contribution in [0.2, 0.25) is 0 Å². The summed E-state index contributed by atoms with van der Waals surface area (Å²) in [6, 6.07) is 6.27. The molecule has 158 valence electrons. The molecular formula is C20H20F3N5OS. The first kappa shape index (κ1) is 20.5. The summed E-state index contributed by atoms with van der Waals surface area (Å²) in [6.07, 6.45) is -0.481. The van der Waals surface area contributed by atoms with Gasteiger partial charge in [0.05, 0.1) is 23.0 Å². The number of nitrogens with zero attached hydrogens (tertiary/aromatic N) is 4. The zero-order valence-electron chi connectivity index (χ0n) is 16.2. The number of hydrogen-bond acceptors (Lipinski definition) is 5. The first-order valence-electron chi connectivity index (χ1n) is 9.46. The van der Waals surface area contributed by atoms with E-state index in [1.807, 2.05) is 24.7 Å². The van der Waals surface area contributed by atoms with Crippen molar-refractivity contribution >= 4 is 22.4 Å². The van der Waals surface area contributed by atoms with Gasteiger partial charge in [-0.3, -0.25) is 19.7 Å². The topological polar surface area (TPSA) is 63.0 Å². The maximum atomic E-state index is 12.7. The molecule has 1 aliphatic rings. The van der Waals surface area contributed by atoms with Crippen LogP contribution in [0.15, 0.2) is 41.9 Å². The average Bonchev–Trinajstić information content (AvgIpc) is 3.43. The van der Waals surface area contributed by atoms with Crippen LogP contribution in [0.5, 0.6) is 0 Å². The van der Waals surface area contributed by atoms with E-state index in [9.17, 15) is 18.0 Å². The second-order valence-electron chi connectivity index (χ2n) is 7.22. The smallest absolute Gasteiger partial charge is 0.298 e. The number of benzene rings is 1. The van der Waals surface area contributed by atoms with Crippen molar-refractivity contribution in [2.24, 2.45) is 7.05 Å². The number of amides is 1. The molecule has 1 aromatic carbocycles. The van der Waals surface area contributed by atoms with E-state index < -0.39 is 17.6 Å². The minimum absolute atomic E-state index is 0.150. The van der Waals surface area contributed by atoms with E-state index in [0.29, 0.717) is 5.13 Å². The molecule has 1 unspecified atom stereocenters. The standard InChI is InChI=1S/C20H20F3N5OS/c1-27-10-8-15(26-27)11-28-9-2-3-17(28)16-12-30-19(24-16)25-18(29)13-4-6-14(7-5-13)20(21,22)23/h4-8,10,12,17H,2-3,9,11H2,1H3,(H,24,25,29). The molecule has 1 amide bonds. The van der Waals surface area contributed by atoms with E-state index in [0.717, 1.165) is 61.6 Å². The Bertz CT molecular complexity index is 1030. The molecule has 4 rings (SSSR count). The summed E-state index contributed by atoms with van der Waals surface area (Å²) in [5.74, 6) is -0.485. The van der Waals surface area contributed by atoms with Crippen LogP contribution in [-0.2, 0) is 19.8 Å².